The van der Waals surface area contributed by atoms with E-state index < -0.39 is 0 Å². The van der Waals surface area contributed by atoms with Crippen molar-refractivity contribution in [1.82, 2.24) is 4.57 Å². The van der Waals surface area contributed by atoms with Gasteiger partial charge in [0.15, 0.2) is 5.78 Å². The summed E-state index contributed by atoms with van der Waals surface area (Å²) in [5, 5.41) is 1.52. The van der Waals surface area contributed by atoms with Crippen molar-refractivity contribution in [2.24, 2.45) is 0 Å². The molecular weight excluding hydrogens is 338 g/mol. The molecule has 0 aliphatic carbocycles. The zero-order valence-corrected chi connectivity index (χ0v) is 12.8. The first kappa shape index (κ1) is 13.3. The minimum absolute atomic E-state index is 0.0573. The Balaban J connectivity index is 1.97. The molecular formula is C15H10BrNO2S. The van der Waals surface area contributed by atoms with E-state index in [1.165, 1.54) is 15.9 Å². The predicted octanol–water partition coefficient (Wildman–Crippen LogP) is 3.71. The number of Topliss-reactive ketones (excluding diaryl/α,β-unsaturated/α-hetero) is 1. The van der Waals surface area contributed by atoms with E-state index in [1.807, 2.05) is 30.3 Å². The summed E-state index contributed by atoms with van der Waals surface area (Å²) in [6, 6.07) is 12.8. The largest absolute Gasteiger partial charge is 0.307 e. The van der Waals surface area contributed by atoms with Gasteiger partial charge in [0.05, 0.1) is 15.2 Å². The van der Waals surface area contributed by atoms with E-state index in [4.69, 9.17) is 0 Å². The van der Waals surface area contributed by atoms with Crippen LogP contribution in [0.1, 0.15) is 9.67 Å². The molecule has 0 radical (unpaired) electrons. The summed E-state index contributed by atoms with van der Waals surface area (Å²) in [6.07, 6.45) is 1.67. The highest BCUT2D eigenvalue weighted by Gasteiger charge is 2.11. The number of fused-ring (bicyclic) bond motifs is 1. The van der Waals surface area contributed by atoms with Crippen molar-refractivity contribution < 1.29 is 4.79 Å². The van der Waals surface area contributed by atoms with Crippen LogP contribution in [0.5, 0.6) is 0 Å². The van der Waals surface area contributed by atoms with Crippen LogP contribution in [-0.2, 0) is 6.54 Å². The molecule has 0 spiro atoms. The maximum atomic E-state index is 12.3. The van der Waals surface area contributed by atoms with Crippen LogP contribution < -0.4 is 5.56 Å². The molecule has 3 aromatic rings. The van der Waals surface area contributed by atoms with Crippen molar-refractivity contribution in [1.29, 1.82) is 0 Å². The van der Waals surface area contributed by atoms with Gasteiger partial charge in [-0.1, -0.05) is 18.2 Å². The average molecular weight is 348 g/mol. The maximum absolute atomic E-state index is 12.3. The number of thiophene rings is 1. The molecule has 0 aliphatic heterocycles. The fraction of sp³-hybridized carbons (Fsp3) is 0.0667. The Bertz CT molecular complexity index is 850. The molecule has 2 aromatic heterocycles. The van der Waals surface area contributed by atoms with Crippen LogP contribution in [0.2, 0.25) is 0 Å². The van der Waals surface area contributed by atoms with E-state index in [1.54, 1.807) is 18.3 Å². The van der Waals surface area contributed by atoms with Gasteiger partial charge in [-0.2, -0.15) is 0 Å². The summed E-state index contributed by atoms with van der Waals surface area (Å²) in [4.78, 5) is 25.1. The maximum Gasteiger partial charge on any atom is 0.258 e. The fourth-order valence-corrected chi connectivity index (χ4v) is 3.37. The van der Waals surface area contributed by atoms with Crippen molar-refractivity contribution in [3.8, 4) is 0 Å². The minimum Gasteiger partial charge on any atom is -0.307 e. The molecule has 0 N–H and O–H groups in total. The number of hydrogen-bond acceptors (Lipinski definition) is 3. The van der Waals surface area contributed by atoms with Crippen LogP contribution in [0.4, 0.5) is 0 Å². The Hall–Kier alpha value is -1.72. The van der Waals surface area contributed by atoms with Gasteiger partial charge in [0.2, 0.25) is 0 Å². The van der Waals surface area contributed by atoms with Gasteiger partial charge >= 0.3 is 0 Å². The molecule has 0 fully saturated rings. The Morgan fingerprint density at radius 3 is 2.70 bits per heavy atom. The van der Waals surface area contributed by atoms with E-state index in [9.17, 15) is 9.59 Å². The Morgan fingerprint density at radius 1 is 1.15 bits per heavy atom. The van der Waals surface area contributed by atoms with Gasteiger partial charge in [-0.3, -0.25) is 9.59 Å². The average Bonchev–Trinajstić information content (AvgIpc) is 2.89. The van der Waals surface area contributed by atoms with Gasteiger partial charge in [0.25, 0.3) is 5.56 Å². The molecule has 0 amide bonds. The van der Waals surface area contributed by atoms with Gasteiger partial charge in [0, 0.05) is 11.6 Å². The summed E-state index contributed by atoms with van der Waals surface area (Å²) < 4.78 is 2.37. The summed E-state index contributed by atoms with van der Waals surface area (Å²) in [6.45, 7) is 0.0661. The standard InChI is InChI=1S/C15H10BrNO2S/c16-14-6-5-13(20-14)12(18)9-17-8-7-10-3-1-2-4-11(10)15(17)19/h1-8H,9H2. The van der Waals surface area contributed by atoms with Gasteiger partial charge in [0.1, 0.15) is 0 Å². The summed E-state index contributed by atoms with van der Waals surface area (Å²) in [5.41, 5.74) is -0.132. The van der Waals surface area contributed by atoms with E-state index >= 15 is 0 Å². The number of hydrogen-bond donors (Lipinski definition) is 0. The highest BCUT2D eigenvalue weighted by molar-refractivity contribution is 9.11. The number of aromatic nitrogens is 1. The topological polar surface area (TPSA) is 39.1 Å². The van der Waals surface area contributed by atoms with Crippen molar-refractivity contribution in [3.05, 3.63) is 67.7 Å². The zero-order chi connectivity index (χ0) is 14.1. The number of carbonyl (C=O) groups is 1. The fourth-order valence-electron chi connectivity index (χ4n) is 2.05. The number of benzene rings is 1. The minimum atomic E-state index is -0.132. The third kappa shape index (κ3) is 2.46. The number of ketones is 1. The van der Waals surface area contributed by atoms with Crippen molar-refractivity contribution in [3.63, 3.8) is 0 Å². The van der Waals surface area contributed by atoms with E-state index in [2.05, 4.69) is 15.9 Å². The first-order valence-corrected chi connectivity index (χ1v) is 7.63. The first-order chi connectivity index (χ1) is 9.65. The molecule has 3 rings (SSSR count). The molecule has 0 saturated carbocycles. The second kappa shape index (κ2) is 5.34. The van der Waals surface area contributed by atoms with E-state index in [0.29, 0.717) is 10.3 Å². The molecule has 100 valence electrons. The number of rotatable bonds is 3. The quantitative estimate of drug-likeness (QED) is 0.677. The van der Waals surface area contributed by atoms with Gasteiger partial charge in [-0.15, -0.1) is 11.3 Å². The van der Waals surface area contributed by atoms with Crippen LogP contribution in [0.3, 0.4) is 0 Å². The number of nitrogens with zero attached hydrogens (tertiary/aromatic N) is 1. The second-order valence-corrected chi connectivity index (χ2v) is 6.83. The van der Waals surface area contributed by atoms with Crippen molar-refractivity contribution in [2.75, 3.05) is 0 Å². The molecule has 0 aliphatic rings. The lowest BCUT2D eigenvalue weighted by Gasteiger charge is -2.05. The lowest BCUT2D eigenvalue weighted by molar-refractivity contribution is 0.0975. The molecule has 5 heteroatoms. The van der Waals surface area contributed by atoms with Crippen LogP contribution in [-0.4, -0.2) is 10.4 Å². The summed E-state index contributed by atoms with van der Waals surface area (Å²) in [5.74, 6) is -0.0573. The predicted molar refractivity (Wildman–Crippen MR) is 84.6 cm³/mol. The Labute approximate surface area is 127 Å². The van der Waals surface area contributed by atoms with Crippen molar-refractivity contribution >= 4 is 43.8 Å². The first-order valence-electron chi connectivity index (χ1n) is 6.02. The highest BCUT2D eigenvalue weighted by Crippen LogP contribution is 2.22. The third-order valence-electron chi connectivity index (χ3n) is 3.05. The molecule has 0 atom stereocenters. The number of pyridine rings is 1. The number of carbonyl (C=O) groups excluding carboxylic acids is 1. The van der Waals surface area contributed by atoms with Crippen LogP contribution in [0, 0.1) is 0 Å². The third-order valence-corrected chi connectivity index (χ3v) is 4.71. The molecule has 2 heterocycles. The van der Waals surface area contributed by atoms with Crippen molar-refractivity contribution in [2.45, 2.75) is 6.54 Å². The SMILES string of the molecule is O=C(Cn1ccc2ccccc2c1=O)c1ccc(Br)s1. The molecule has 0 saturated heterocycles. The van der Waals surface area contributed by atoms with Crippen LogP contribution in [0.15, 0.2) is 57.2 Å². The van der Waals surface area contributed by atoms with E-state index in [-0.39, 0.29) is 17.9 Å². The molecule has 3 nitrogen and oxygen atoms in total. The highest BCUT2D eigenvalue weighted by atomic mass is 79.9. The molecule has 0 bridgehead atoms. The molecule has 1 aromatic carbocycles. The van der Waals surface area contributed by atoms with Crippen LogP contribution >= 0.6 is 27.3 Å². The van der Waals surface area contributed by atoms with Gasteiger partial charge in [-0.25, -0.2) is 0 Å². The number of halogens is 1. The zero-order valence-electron chi connectivity index (χ0n) is 10.4. The smallest absolute Gasteiger partial charge is 0.258 e. The molecule has 20 heavy (non-hydrogen) atoms. The normalized spacial score (nSPS) is 10.8. The Morgan fingerprint density at radius 2 is 1.95 bits per heavy atom. The second-order valence-electron chi connectivity index (χ2n) is 4.36. The summed E-state index contributed by atoms with van der Waals surface area (Å²) >= 11 is 4.71. The van der Waals surface area contributed by atoms with Crippen LogP contribution in [0.25, 0.3) is 10.8 Å². The van der Waals surface area contributed by atoms with Gasteiger partial charge in [-0.05, 0) is 45.6 Å². The summed E-state index contributed by atoms with van der Waals surface area (Å²) in [7, 11) is 0. The van der Waals surface area contributed by atoms with Gasteiger partial charge < -0.3 is 4.57 Å². The molecule has 0 unspecified atom stereocenters. The monoisotopic (exact) mass is 347 g/mol. The lowest BCUT2D eigenvalue weighted by Crippen LogP contribution is -2.23. The van der Waals surface area contributed by atoms with E-state index in [0.717, 1.165) is 9.17 Å². The lowest BCUT2D eigenvalue weighted by atomic mass is 10.2. The Kier molecular flexibility index (Phi) is 3.54.